The quantitative estimate of drug-likeness (QED) is 0.785. The van der Waals surface area contributed by atoms with E-state index in [1.807, 2.05) is 0 Å². The van der Waals surface area contributed by atoms with Gasteiger partial charge in [0.15, 0.2) is 0 Å². The molecule has 1 N–H and O–H groups in total. The van der Waals surface area contributed by atoms with E-state index < -0.39 is 10.0 Å². The monoisotopic (exact) mass is 401 g/mol. The third-order valence-electron chi connectivity index (χ3n) is 2.92. The molecule has 1 aromatic rings. The molecule has 2 atom stereocenters. The Morgan fingerprint density at radius 2 is 2.18 bits per heavy atom. The minimum absolute atomic E-state index is 0.369. The van der Waals surface area contributed by atoms with E-state index in [1.165, 1.54) is 17.8 Å². The first-order valence-corrected chi connectivity index (χ1v) is 9.39. The Hall–Kier alpha value is 0.570. The Kier molecular flexibility index (Phi) is 4.68. The summed E-state index contributed by atoms with van der Waals surface area (Å²) in [5.74, 6) is 0.410. The van der Waals surface area contributed by atoms with Crippen molar-refractivity contribution in [2.45, 2.75) is 28.3 Å². The first-order chi connectivity index (χ1) is 7.99. The Balaban J connectivity index is 1.98. The fraction of sp³-hybridized carbons (Fsp3) is 0.600. The molecule has 1 aliphatic carbocycles. The lowest BCUT2D eigenvalue weighted by Gasteiger charge is -2.14. The highest BCUT2D eigenvalue weighted by Gasteiger charge is 2.26. The van der Waals surface area contributed by atoms with Gasteiger partial charge < -0.3 is 0 Å². The second-order valence-electron chi connectivity index (χ2n) is 4.12. The zero-order valence-corrected chi connectivity index (χ0v) is 13.8. The minimum atomic E-state index is -3.33. The van der Waals surface area contributed by atoms with Crippen LogP contribution >= 0.6 is 43.2 Å². The molecule has 1 aromatic heterocycles. The van der Waals surface area contributed by atoms with Crippen LogP contribution in [0.2, 0.25) is 0 Å². The van der Waals surface area contributed by atoms with E-state index in [9.17, 15) is 8.42 Å². The van der Waals surface area contributed by atoms with Crippen LogP contribution in [0.4, 0.5) is 0 Å². The molecule has 0 bridgehead atoms. The zero-order chi connectivity index (χ0) is 12.5. The molecule has 2 unspecified atom stereocenters. The van der Waals surface area contributed by atoms with E-state index in [4.69, 9.17) is 0 Å². The van der Waals surface area contributed by atoms with Crippen molar-refractivity contribution in [3.63, 3.8) is 0 Å². The van der Waals surface area contributed by atoms with Crippen LogP contribution in [0.15, 0.2) is 20.1 Å². The lowest BCUT2D eigenvalue weighted by atomic mass is 10.1. The summed E-state index contributed by atoms with van der Waals surface area (Å²) in [6, 6.07) is 3.37. The molecule has 0 amide bonds. The van der Waals surface area contributed by atoms with Gasteiger partial charge in [-0.3, -0.25) is 0 Å². The van der Waals surface area contributed by atoms with Crippen LogP contribution in [0.25, 0.3) is 0 Å². The van der Waals surface area contributed by atoms with Crippen LogP contribution in [0, 0.1) is 5.92 Å². The lowest BCUT2D eigenvalue weighted by Crippen LogP contribution is -2.30. The van der Waals surface area contributed by atoms with E-state index in [1.54, 1.807) is 12.1 Å². The summed E-state index contributed by atoms with van der Waals surface area (Å²) in [5.41, 5.74) is 0. The first-order valence-electron chi connectivity index (χ1n) is 5.38. The Labute approximate surface area is 122 Å². The van der Waals surface area contributed by atoms with E-state index in [0.29, 0.717) is 21.5 Å². The van der Waals surface area contributed by atoms with Gasteiger partial charge in [0.2, 0.25) is 10.0 Å². The van der Waals surface area contributed by atoms with Crippen molar-refractivity contribution in [3.8, 4) is 0 Å². The largest absolute Gasteiger partial charge is 0.250 e. The first kappa shape index (κ1) is 14.0. The molecule has 7 heteroatoms. The molecule has 3 nitrogen and oxygen atoms in total. The molecule has 1 saturated carbocycles. The maximum absolute atomic E-state index is 12.0. The third-order valence-corrected chi connectivity index (χ3v) is 7.66. The number of halogens is 2. The fourth-order valence-corrected chi connectivity index (χ4v) is 5.88. The molecule has 96 valence electrons. The summed E-state index contributed by atoms with van der Waals surface area (Å²) in [6.45, 7) is 0.522. The number of thiophene rings is 1. The highest BCUT2D eigenvalue weighted by atomic mass is 79.9. The highest BCUT2D eigenvalue weighted by Crippen LogP contribution is 2.31. The molecular formula is C10H13Br2NO2S2. The molecule has 1 fully saturated rings. The number of nitrogens with one attached hydrogen (secondary N) is 1. The van der Waals surface area contributed by atoms with E-state index in [2.05, 4.69) is 36.6 Å². The summed E-state index contributed by atoms with van der Waals surface area (Å²) < 4.78 is 27.8. The van der Waals surface area contributed by atoms with Crippen LogP contribution in [0.3, 0.4) is 0 Å². The highest BCUT2D eigenvalue weighted by molar-refractivity contribution is 9.11. The van der Waals surface area contributed by atoms with E-state index in [-0.39, 0.29) is 0 Å². The van der Waals surface area contributed by atoms with Crippen molar-refractivity contribution < 1.29 is 8.42 Å². The van der Waals surface area contributed by atoms with Crippen LogP contribution in [0.1, 0.15) is 19.3 Å². The second kappa shape index (κ2) is 5.69. The molecule has 1 aliphatic rings. The van der Waals surface area contributed by atoms with Crippen LogP contribution < -0.4 is 4.72 Å². The van der Waals surface area contributed by atoms with Crippen molar-refractivity contribution in [2.24, 2.45) is 5.92 Å². The Morgan fingerprint density at radius 3 is 2.71 bits per heavy atom. The average Bonchev–Trinajstić information content (AvgIpc) is 2.85. The average molecular weight is 403 g/mol. The standard InChI is InChI=1S/C10H13Br2NO2S2/c11-8-3-1-2-7(8)6-13-17(14,15)10-5-4-9(12)16-10/h4-5,7-8,13H,1-3,6H2. The SMILES string of the molecule is O=S(=O)(NCC1CCCC1Br)c1ccc(Br)s1. The summed E-state index contributed by atoms with van der Waals surface area (Å²) in [5, 5.41) is 0. The van der Waals surface area contributed by atoms with Gasteiger partial charge in [-0.2, -0.15) is 0 Å². The maximum atomic E-state index is 12.0. The number of rotatable bonds is 4. The van der Waals surface area contributed by atoms with Crippen molar-refractivity contribution in [1.29, 1.82) is 0 Å². The minimum Gasteiger partial charge on any atom is -0.210 e. The van der Waals surface area contributed by atoms with Crippen LogP contribution in [0.5, 0.6) is 0 Å². The van der Waals surface area contributed by atoms with Gasteiger partial charge in [-0.05, 0) is 46.8 Å². The normalized spacial score (nSPS) is 25.3. The van der Waals surface area contributed by atoms with Crippen molar-refractivity contribution in [3.05, 3.63) is 15.9 Å². The number of sulfonamides is 1. The summed E-state index contributed by atoms with van der Waals surface area (Å²) in [4.78, 5) is 0.445. The van der Waals surface area contributed by atoms with Crippen molar-refractivity contribution >= 4 is 53.2 Å². The van der Waals surface area contributed by atoms with Gasteiger partial charge in [0.1, 0.15) is 4.21 Å². The summed E-state index contributed by atoms with van der Waals surface area (Å²) in [6.07, 6.45) is 3.40. The third kappa shape index (κ3) is 3.53. The van der Waals surface area contributed by atoms with Gasteiger partial charge in [0.25, 0.3) is 0 Å². The molecule has 1 heterocycles. The summed E-state index contributed by atoms with van der Waals surface area (Å²) >= 11 is 8.10. The molecule has 0 radical (unpaired) electrons. The lowest BCUT2D eigenvalue weighted by molar-refractivity contribution is 0.530. The molecule has 0 spiro atoms. The van der Waals surface area contributed by atoms with E-state index >= 15 is 0 Å². The zero-order valence-electron chi connectivity index (χ0n) is 9.03. The fourth-order valence-electron chi connectivity index (χ4n) is 1.95. The predicted octanol–water partition coefficient (Wildman–Crippen LogP) is 3.35. The summed E-state index contributed by atoms with van der Waals surface area (Å²) in [7, 11) is -3.33. The van der Waals surface area contributed by atoms with Gasteiger partial charge in [0, 0.05) is 11.4 Å². The van der Waals surface area contributed by atoms with Crippen molar-refractivity contribution in [2.75, 3.05) is 6.54 Å². The Bertz CT molecular complexity index is 486. The van der Waals surface area contributed by atoms with Crippen molar-refractivity contribution in [1.82, 2.24) is 4.72 Å². The van der Waals surface area contributed by atoms with Gasteiger partial charge >= 0.3 is 0 Å². The maximum Gasteiger partial charge on any atom is 0.250 e. The molecule has 0 saturated heterocycles. The molecule has 0 aromatic carbocycles. The van der Waals surface area contributed by atoms with Crippen LogP contribution in [-0.4, -0.2) is 19.8 Å². The van der Waals surface area contributed by atoms with E-state index in [0.717, 1.165) is 16.6 Å². The predicted molar refractivity (Wildman–Crippen MR) is 77.3 cm³/mol. The number of hydrogen-bond acceptors (Lipinski definition) is 3. The number of hydrogen-bond donors (Lipinski definition) is 1. The topological polar surface area (TPSA) is 46.2 Å². The Morgan fingerprint density at radius 1 is 1.41 bits per heavy atom. The molecule has 17 heavy (non-hydrogen) atoms. The molecule has 0 aliphatic heterocycles. The van der Waals surface area contributed by atoms with Gasteiger partial charge in [-0.25, -0.2) is 13.1 Å². The van der Waals surface area contributed by atoms with Crippen LogP contribution in [-0.2, 0) is 10.0 Å². The second-order valence-corrected chi connectivity index (χ2v) is 9.75. The molecular weight excluding hydrogens is 390 g/mol. The van der Waals surface area contributed by atoms with Gasteiger partial charge in [-0.1, -0.05) is 22.4 Å². The molecule has 2 rings (SSSR count). The smallest absolute Gasteiger partial charge is 0.210 e. The van der Waals surface area contributed by atoms with Gasteiger partial charge in [0.05, 0.1) is 3.79 Å². The number of alkyl halides is 1. The van der Waals surface area contributed by atoms with Gasteiger partial charge in [-0.15, -0.1) is 11.3 Å².